The summed E-state index contributed by atoms with van der Waals surface area (Å²) >= 11 is 0. The Labute approximate surface area is 156 Å². The van der Waals surface area contributed by atoms with E-state index in [1.165, 1.54) is 0 Å². The van der Waals surface area contributed by atoms with Crippen LogP contribution in [0.25, 0.3) is 0 Å². The highest BCUT2D eigenvalue weighted by Crippen LogP contribution is 2.23. The summed E-state index contributed by atoms with van der Waals surface area (Å²) in [6.07, 6.45) is 0.396. The first-order valence-electron chi connectivity index (χ1n) is 8.55. The second-order valence-electron chi connectivity index (χ2n) is 5.79. The Morgan fingerprint density at radius 2 is 2.00 bits per heavy atom. The number of carbonyl (C=O) groups excluding carboxylic acids is 1. The van der Waals surface area contributed by atoms with Crippen LogP contribution in [0.15, 0.2) is 48.5 Å². The highest BCUT2D eigenvalue weighted by Gasteiger charge is 2.21. The van der Waals surface area contributed by atoms with Crippen LogP contribution < -0.4 is 19.9 Å². The van der Waals surface area contributed by atoms with Crippen molar-refractivity contribution in [2.45, 2.75) is 19.3 Å². The summed E-state index contributed by atoms with van der Waals surface area (Å²) in [5.41, 5.74) is 1.58. The van der Waals surface area contributed by atoms with Gasteiger partial charge in [-0.15, -0.1) is 0 Å². The van der Waals surface area contributed by atoms with Crippen molar-refractivity contribution in [3.8, 4) is 11.5 Å². The summed E-state index contributed by atoms with van der Waals surface area (Å²) < 4.78 is 10.7. The molecule has 1 amide bonds. The molecule has 8 heteroatoms. The third kappa shape index (κ3) is 4.81. The number of ether oxygens (including phenoxy) is 2. The van der Waals surface area contributed by atoms with Crippen molar-refractivity contribution in [2.75, 3.05) is 19.0 Å². The molecule has 0 fully saturated rings. The standard InChI is InChI=1S/C19H21N5O3/c1-3-27-15-9-7-14(8-10-15)20-19(25)17(18-21-23-24-22-18)12-13-5-4-6-16(11-13)26-2/h4-11,17H,3,12H2,1-2H3,(H2,20,21,22,23,24,25)/p-1/t17-/m0/s1. The molecule has 0 aliphatic rings. The summed E-state index contributed by atoms with van der Waals surface area (Å²) in [5, 5.41) is 17.6. The Morgan fingerprint density at radius 1 is 1.19 bits per heavy atom. The Kier molecular flexibility index (Phi) is 5.98. The highest BCUT2D eigenvalue weighted by atomic mass is 16.5. The number of aromatic nitrogens is 4. The summed E-state index contributed by atoms with van der Waals surface area (Å²) in [6.45, 7) is 2.50. The molecule has 0 saturated carbocycles. The van der Waals surface area contributed by atoms with Crippen LogP contribution in [0.1, 0.15) is 24.2 Å². The van der Waals surface area contributed by atoms with Crippen molar-refractivity contribution in [1.29, 1.82) is 0 Å². The van der Waals surface area contributed by atoms with Crippen molar-refractivity contribution < 1.29 is 14.3 Å². The van der Waals surface area contributed by atoms with E-state index in [2.05, 4.69) is 25.9 Å². The van der Waals surface area contributed by atoms with E-state index in [0.29, 0.717) is 18.7 Å². The van der Waals surface area contributed by atoms with E-state index >= 15 is 0 Å². The molecule has 0 aliphatic heterocycles. The summed E-state index contributed by atoms with van der Waals surface area (Å²) in [5.74, 6) is 0.880. The number of rotatable bonds is 8. The fourth-order valence-corrected chi connectivity index (χ4v) is 2.66. The van der Waals surface area contributed by atoms with E-state index in [-0.39, 0.29) is 11.7 Å². The van der Waals surface area contributed by atoms with Crippen LogP contribution in [0.4, 0.5) is 5.69 Å². The lowest BCUT2D eigenvalue weighted by Gasteiger charge is -2.17. The van der Waals surface area contributed by atoms with E-state index in [0.717, 1.165) is 17.1 Å². The van der Waals surface area contributed by atoms with Gasteiger partial charge in [0.15, 0.2) is 0 Å². The van der Waals surface area contributed by atoms with Crippen molar-refractivity contribution in [1.82, 2.24) is 20.6 Å². The minimum atomic E-state index is -0.626. The van der Waals surface area contributed by atoms with E-state index in [1.54, 1.807) is 31.4 Å². The number of nitrogens with zero attached hydrogens (tertiary/aromatic N) is 4. The van der Waals surface area contributed by atoms with Crippen molar-refractivity contribution in [3.63, 3.8) is 0 Å². The molecule has 0 radical (unpaired) electrons. The quantitative estimate of drug-likeness (QED) is 0.652. The first-order valence-corrected chi connectivity index (χ1v) is 8.55. The minimum Gasteiger partial charge on any atom is -0.497 e. The van der Waals surface area contributed by atoms with Crippen LogP contribution in [-0.4, -0.2) is 35.1 Å². The van der Waals surface area contributed by atoms with Crippen LogP contribution in [0.3, 0.4) is 0 Å². The Hall–Kier alpha value is -3.42. The second-order valence-corrected chi connectivity index (χ2v) is 5.79. The normalized spacial score (nSPS) is 11.6. The maximum Gasteiger partial charge on any atom is 0.232 e. The zero-order chi connectivity index (χ0) is 19.1. The van der Waals surface area contributed by atoms with Crippen LogP contribution in [0.5, 0.6) is 11.5 Å². The lowest BCUT2D eigenvalue weighted by atomic mass is 9.97. The van der Waals surface area contributed by atoms with Gasteiger partial charge < -0.3 is 19.9 Å². The van der Waals surface area contributed by atoms with Gasteiger partial charge in [-0.2, -0.15) is 5.21 Å². The number of tetrazole rings is 1. The molecule has 1 N–H and O–H groups in total. The number of hydrogen-bond donors (Lipinski definition) is 1. The van der Waals surface area contributed by atoms with Gasteiger partial charge in [-0.25, -0.2) is 0 Å². The molecule has 8 nitrogen and oxygen atoms in total. The molecule has 1 aromatic heterocycles. The number of methoxy groups -OCH3 is 1. The molecule has 1 atom stereocenters. The van der Waals surface area contributed by atoms with Gasteiger partial charge in [0.25, 0.3) is 0 Å². The molecule has 0 unspecified atom stereocenters. The molecule has 0 bridgehead atoms. The molecule has 1 heterocycles. The van der Waals surface area contributed by atoms with Crippen LogP contribution in [0, 0.1) is 0 Å². The van der Waals surface area contributed by atoms with Crippen LogP contribution >= 0.6 is 0 Å². The number of amides is 1. The number of anilines is 1. The molecule has 0 spiro atoms. The maximum atomic E-state index is 12.9. The Morgan fingerprint density at radius 3 is 2.67 bits per heavy atom. The van der Waals surface area contributed by atoms with Crippen LogP contribution in [0.2, 0.25) is 0 Å². The molecule has 3 rings (SSSR count). The average Bonchev–Trinajstić information content (AvgIpc) is 3.22. The molecular weight excluding hydrogens is 346 g/mol. The lowest BCUT2D eigenvalue weighted by molar-refractivity contribution is -0.117. The van der Waals surface area contributed by atoms with Crippen molar-refractivity contribution in [2.24, 2.45) is 0 Å². The fraction of sp³-hybridized carbons (Fsp3) is 0.263. The number of benzene rings is 2. The first kappa shape index (κ1) is 18.4. The number of hydrogen-bond acceptors (Lipinski definition) is 6. The lowest BCUT2D eigenvalue weighted by Crippen LogP contribution is -2.24. The largest absolute Gasteiger partial charge is 0.497 e. The predicted molar refractivity (Wildman–Crippen MR) is 98.8 cm³/mol. The Bertz CT molecular complexity index is 865. The number of carbonyl (C=O) groups is 1. The van der Waals surface area contributed by atoms with Gasteiger partial charge in [0, 0.05) is 11.5 Å². The third-order valence-electron chi connectivity index (χ3n) is 3.97. The SMILES string of the molecule is CCOc1ccc(NC(=O)[C@@H](Cc2cccc(OC)c2)c2nnn[n-]2)cc1. The third-order valence-corrected chi connectivity index (χ3v) is 3.97. The van der Waals surface area contributed by atoms with Crippen molar-refractivity contribution >= 4 is 11.6 Å². The summed E-state index contributed by atoms with van der Waals surface area (Å²) in [6, 6.07) is 14.7. The van der Waals surface area contributed by atoms with Gasteiger partial charge in [-0.3, -0.25) is 15.1 Å². The fourth-order valence-electron chi connectivity index (χ4n) is 2.66. The van der Waals surface area contributed by atoms with E-state index < -0.39 is 5.92 Å². The van der Waals surface area contributed by atoms with E-state index in [4.69, 9.17) is 9.47 Å². The van der Waals surface area contributed by atoms with Gasteiger partial charge in [0.05, 0.1) is 19.6 Å². The summed E-state index contributed by atoms with van der Waals surface area (Å²) in [7, 11) is 1.60. The van der Waals surface area contributed by atoms with E-state index in [9.17, 15) is 4.79 Å². The highest BCUT2D eigenvalue weighted by molar-refractivity contribution is 5.95. The smallest absolute Gasteiger partial charge is 0.232 e. The van der Waals surface area contributed by atoms with Gasteiger partial charge in [0.1, 0.15) is 11.5 Å². The molecule has 27 heavy (non-hydrogen) atoms. The van der Waals surface area contributed by atoms with Gasteiger partial charge in [0.2, 0.25) is 5.91 Å². The predicted octanol–water partition coefficient (Wildman–Crippen LogP) is 2.20. The minimum absolute atomic E-state index is 0.239. The monoisotopic (exact) mass is 366 g/mol. The molecule has 0 aliphatic carbocycles. The van der Waals surface area contributed by atoms with Gasteiger partial charge in [-0.05, 0) is 55.3 Å². The molecule has 2 aromatic carbocycles. The zero-order valence-corrected chi connectivity index (χ0v) is 15.1. The molecular formula is C19H20N5O3-. The molecule has 0 saturated heterocycles. The van der Waals surface area contributed by atoms with Crippen LogP contribution in [-0.2, 0) is 11.2 Å². The summed E-state index contributed by atoms with van der Waals surface area (Å²) in [4.78, 5) is 12.9. The topological polar surface area (TPSA) is 100 Å². The zero-order valence-electron chi connectivity index (χ0n) is 15.1. The van der Waals surface area contributed by atoms with E-state index in [1.807, 2.05) is 31.2 Å². The van der Waals surface area contributed by atoms with Gasteiger partial charge in [-0.1, -0.05) is 12.1 Å². The van der Waals surface area contributed by atoms with Gasteiger partial charge >= 0.3 is 0 Å². The van der Waals surface area contributed by atoms with Crippen molar-refractivity contribution in [3.05, 3.63) is 59.9 Å². The Balaban J connectivity index is 1.77. The average molecular weight is 366 g/mol. The first-order chi connectivity index (χ1) is 13.2. The molecule has 3 aromatic rings. The number of nitrogens with one attached hydrogen (secondary N) is 1. The maximum absolute atomic E-state index is 12.9. The molecule has 140 valence electrons. The second kappa shape index (κ2) is 8.79.